The molecule has 0 bridgehead atoms. The van der Waals surface area contributed by atoms with E-state index in [0.717, 1.165) is 11.1 Å². The third kappa shape index (κ3) is 3.96. The second kappa shape index (κ2) is 7.49. The molecule has 0 radical (unpaired) electrons. The van der Waals surface area contributed by atoms with E-state index in [1.165, 1.54) is 6.07 Å². The Morgan fingerprint density at radius 2 is 1.72 bits per heavy atom. The van der Waals surface area contributed by atoms with E-state index >= 15 is 0 Å². The van der Waals surface area contributed by atoms with Crippen molar-refractivity contribution in [2.24, 2.45) is 0 Å². The van der Waals surface area contributed by atoms with Crippen LogP contribution in [0.3, 0.4) is 0 Å². The molecule has 0 saturated heterocycles. The molecule has 3 rings (SSSR count). The number of phenols is 1. The lowest BCUT2D eigenvalue weighted by Gasteiger charge is -2.09. The molecule has 0 aliphatic heterocycles. The number of rotatable bonds is 6. The second-order valence-corrected chi connectivity index (χ2v) is 5.61. The number of ether oxygens (including phenoxy) is 1. The molecule has 0 spiro atoms. The van der Waals surface area contributed by atoms with Crippen molar-refractivity contribution >= 4 is 11.9 Å². The van der Waals surface area contributed by atoms with Gasteiger partial charge in [-0.2, -0.15) is 0 Å². The maximum absolute atomic E-state index is 12.4. The Morgan fingerprint density at radius 1 is 1.00 bits per heavy atom. The van der Waals surface area contributed by atoms with Crippen LogP contribution in [0.1, 0.15) is 27.0 Å². The molecule has 0 aromatic heterocycles. The Kier molecular flexibility index (Phi) is 4.95. The van der Waals surface area contributed by atoms with Crippen LogP contribution in [0, 0.1) is 0 Å². The molecule has 3 aromatic carbocycles. The number of hydrogen-bond donors (Lipinski definition) is 1. The third-order valence-electron chi connectivity index (χ3n) is 3.87. The van der Waals surface area contributed by atoms with Crippen LogP contribution in [0.15, 0.2) is 79.4 Å². The average molecular weight is 330 g/mol. The standard InChI is InChI=1S/C22H18O3/c1-2-16-8-10-17(11-9-16)15-25-19-12-13-20(21(23)14-19)22(24)18-6-4-3-5-7-18/h2-14,23H,1,15H2. The minimum Gasteiger partial charge on any atom is -0.507 e. The first kappa shape index (κ1) is 16.5. The molecule has 0 unspecified atom stereocenters. The van der Waals surface area contributed by atoms with Crippen molar-refractivity contribution in [2.75, 3.05) is 0 Å². The van der Waals surface area contributed by atoms with Crippen LogP contribution in [-0.4, -0.2) is 10.9 Å². The molecule has 3 aromatic rings. The molecular weight excluding hydrogens is 312 g/mol. The zero-order valence-electron chi connectivity index (χ0n) is 13.7. The molecule has 0 fully saturated rings. The van der Waals surface area contributed by atoms with Gasteiger partial charge in [-0.15, -0.1) is 0 Å². The average Bonchev–Trinajstić information content (AvgIpc) is 2.67. The maximum Gasteiger partial charge on any atom is 0.196 e. The minimum atomic E-state index is -0.218. The zero-order chi connectivity index (χ0) is 17.6. The van der Waals surface area contributed by atoms with E-state index in [4.69, 9.17) is 4.74 Å². The fourth-order valence-electron chi connectivity index (χ4n) is 2.45. The Labute approximate surface area is 146 Å². The lowest BCUT2D eigenvalue weighted by molar-refractivity contribution is 0.103. The largest absolute Gasteiger partial charge is 0.507 e. The van der Waals surface area contributed by atoms with E-state index in [1.54, 1.807) is 42.5 Å². The van der Waals surface area contributed by atoms with Crippen molar-refractivity contribution < 1.29 is 14.6 Å². The van der Waals surface area contributed by atoms with Crippen molar-refractivity contribution in [3.63, 3.8) is 0 Å². The SMILES string of the molecule is C=Cc1ccc(COc2ccc(C(=O)c3ccccc3)c(O)c2)cc1. The monoisotopic (exact) mass is 330 g/mol. The van der Waals surface area contributed by atoms with E-state index in [0.29, 0.717) is 17.9 Å². The number of carbonyl (C=O) groups is 1. The van der Waals surface area contributed by atoms with Gasteiger partial charge in [-0.25, -0.2) is 0 Å². The lowest BCUT2D eigenvalue weighted by Crippen LogP contribution is -2.02. The summed E-state index contributed by atoms with van der Waals surface area (Å²) < 4.78 is 5.69. The van der Waals surface area contributed by atoms with E-state index in [2.05, 4.69) is 6.58 Å². The highest BCUT2D eigenvalue weighted by molar-refractivity contribution is 6.10. The lowest BCUT2D eigenvalue weighted by atomic mass is 10.0. The van der Waals surface area contributed by atoms with Gasteiger partial charge >= 0.3 is 0 Å². The summed E-state index contributed by atoms with van der Waals surface area (Å²) in [5.74, 6) is 0.202. The van der Waals surface area contributed by atoms with Crippen LogP contribution >= 0.6 is 0 Å². The third-order valence-corrected chi connectivity index (χ3v) is 3.87. The van der Waals surface area contributed by atoms with Crippen molar-refractivity contribution in [3.05, 3.63) is 102 Å². The van der Waals surface area contributed by atoms with Gasteiger partial charge in [0.25, 0.3) is 0 Å². The number of phenolic OH excluding ortho intramolecular Hbond substituents is 1. The summed E-state index contributed by atoms with van der Waals surface area (Å²) in [6, 6.07) is 21.5. The summed E-state index contributed by atoms with van der Waals surface area (Å²) in [4.78, 5) is 12.4. The summed E-state index contributed by atoms with van der Waals surface area (Å²) in [7, 11) is 0. The molecular formula is C22H18O3. The minimum absolute atomic E-state index is 0.0895. The molecule has 0 atom stereocenters. The molecule has 0 heterocycles. The van der Waals surface area contributed by atoms with Crippen LogP contribution in [-0.2, 0) is 6.61 Å². The Morgan fingerprint density at radius 3 is 2.36 bits per heavy atom. The van der Waals surface area contributed by atoms with E-state index in [-0.39, 0.29) is 17.1 Å². The maximum atomic E-state index is 12.4. The van der Waals surface area contributed by atoms with Crippen molar-refractivity contribution in [1.82, 2.24) is 0 Å². The normalized spacial score (nSPS) is 10.2. The highest BCUT2D eigenvalue weighted by Crippen LogP contribution is 2.26. The number of aromatic hydroxyl groups is 1. The number of benzene rings is 3. The van der Waals surface area contributed by atoms with Crippen LogP contribution in [0.4, 0.5) is 0 Å². The van der Waals surface area contributed by atoms with Crippen LogP contribution in [0.5, 0.6) is 11.5 Å². The molecule has 25 heavy (non-hydrogen) atoms. The highest BCUT2D eigenvalue weighted by Gasteiger charge is 2.14. The van der Waals surface area contributed by atoms with E-state index < -0.39 is 0 Å². The summed E-state index contributed by atoms with van der Waals surface area (Å²) in [6.45, 7) is 4.10. The van der Waals surface area contributed by atoms with Crippen molar-refractivity contribution in [1.29, 1.82) is 0 Å². The van der Waals surface area contributed by atoms with Crippen molar-refractivity contribution in [3.8, 4) is 11.5 Å². The first-order chi connectivity index (χ1) is 12.2. The quantitative estimate of drug-likeness (QED) is 0.658. The molecule has 0 saturated carbocycles. The number of carbonyl (C=O) groups excluding carboxylic acids is 1. The number of hydrogen-bond acceptors (Lipinski definition) is 3. The van der Waals surface area contributed by atoms with Crippen LogP contribution in [0.2, 0.25) is 0 Å². The summed E-state index contributed by atoms with van der Waals surface area (Å²) >= 11 is 0. The summed E-state index contributed by atoms with van der Waals surface area (Å²) in [5, 5.41) is 10.2. The van der Waals surface area contributed by atoms with Gasteiger partial charge in [0.05, 0.1) is 5.56 Å². The predicted molar refractivity (Wildman–Crippen MR) is 98.8 cm³/mol. The van der Waals surface area contributed by atoms with Crippen molar-refractivity contribution in [2.45, 2.75) is 6.61 Å². The molecule has 1 N–H and O–H groups in total. The van der Waals surface area contributed by atoms with Gasteiger partial charge in [-0.05, 0) is 23.3 Å². The van der Waals surface area contributed by atoms with Gasteiger partial charge in [0.2, 0.25) is 0 Å². The van der Waals surface area contributed by atoms with Gasteiger partial charge in [0.1, 0.15) is 18.1 Å². The fraction of sp³-hybridized carbons (Fsp3) is 0.0455. The summed E-state index contributed by atoms with van der Waals surface area (Å²) in [6.07, 6.45) is 1.78. The molecule has 3 nitrogen and oxygen atoms in total. The van der Waals surface area contributed by atoms with Gasteiger partial charge in [-0.3, -0.25) is 4.79 Å². The Hall–Kier alpha value is -3.33. The zero-order valence-corrected chi connectivity index (χ0v) is 13.7. The Balaban J connectivity index is 1.71. The first-order valence-electron chi connectivity index (χ1n) is 7.94. The highest BCUT2D eigenvalue weighted by atomic mass is 16.5. The molecule has 0 aliphatic carbocycles. The predicted octanol–water partition coefficient (Wildman–Crippen LogP) is 4.85. The van der Waals surface area contributed by atoms with Crippen LogP contribution in [0.25, 0.3) is 6.08 Å². The van der Waals surface area contributed by atoms with Gasteiger partial charge < -0.3 is 9.84 Å². The molecule has 124 valence electrons. The molecule has 0 aliphatic rings. The topological polar surface area (TPSA) is 46.5 Å². The molecule has 0 amide bonds. The first-order valence-corrected chi connectivity index (χ1v) is 7.94. The van der Waals surface area contributed by atoms with Gasteiger partial charge in [-0.1, -0.05) is 67.3 Å². The summed E-state index contributed by atoms with van der Waals surface area (Å²) in [5.41, 5.74) is 2.85. The molecule has 3 heteroatoms. The fourth-order valence-corrected chi connectivity index (χ4v) is 2.45. The van der Waals surface area contributed by atoms with Crippen LogP contribution < -0.4 is 4.74 Å². The number of ketones is 1. The van der Waals surface area contributed by atoms with Gasteiger partial charge in [0, 0.05) is 11.6 Å². The van der Waals surface area contributed by atoms with Gasteiger partial charge in [0.15, 0.2) is 5.78 Å². The van der Waals surface area contributed by atoms with E-state index in [9.17, 15) is 9.90 Å². The Bertz CT molecular complexity index is 881. The second-order valence-electron chi connectivity index (χ2n) is 5.61. The van der Waals surface area contributed by atoms with E-state index in [1.807, 2.05) is 30.3 Å². The smallest absolute Gasteiger partial charge is 0.196 e.